The maximum atomic E-state index is 10.4. The van der Waals surface area contributed by atoms with Gasteiger partial charge in [0.1, 0.15) is 12.6 Å². The molecular formula is C9H6Cl2O2. The molecule has 0 unspecified atom stereocenters. The molecule has 0 aliphatic rings. The van der Waals surface area contributed by atoms with E-state index in [2.05, 4.69) is 0 Å². The quantitative estimate of drug-likeness (QED) is 0.575. The van der Waals surface area contributed by atoms with Crippen LogP contribution >= 0.6 is 23.2 Å². The molecule has 0 bridgehead atoms. The van der Waals surface area contributed by atoms with Crippen LogP contribution in [-0.4, -0.2) is 12.6 Å². The second kappa shape index (κ2) is 4.40. The highest BCUT2D eigenvalue weighted by Gasteiger charge is 2.09. The van der Waals surface area contributed by atoms with Crippen molar-refractivity contribution in [2.24, 2.45) is 0 Å². The van der Waals surface area contributed by atoms with Crippen molar-refractivity contribution in [3.63, 3.8) is 0 Å². The fourth-order valence-electron chi connectivity index (χ4n) is 0.957. The van der Waals surface area contributed by atoms with Crippen molar-refractivity contribution >= 4 is 35.8 Å². The molecule has 0 saturated heterocycles. The normalized spacial score (nSPS) is 10.1. The van der Waals surface area contributed by atoms with Crippen molar-refractivity contribution in [1.29, 1.82) is 0 Å². The minimum Gasteiger partial charge on any atom is -0.302 e. The van der Waals surface area contributed by atoms with E-state index >= 15 is 0 Å². The van der Waals surface area contributed by atoms with Crippen molar-refractivity contribution in [3.8, 4) is 0 Å². The van der Waals surface area contributed by atoms with E-state index < -0.39 is 5.92 Å². The van der Waals surface area contributed by atoms with Gasteiger partial charge in [-0.15, -0.1) is 0 Å². The number of hydrogen-bond acceptors (Lipinski definition) is 2. The Morgan fingerprint density at radius 3 is 1.85 bits per heavy atom. The summed E-state index contributed by atoms with van der Waals surface area (Å²) in [7, 11) is 0. The monoisotopic (exact) mass is 216 g/mol. The first-order chi connectivity index (χ1) is 6.17. The van der Waals surface area contributed by atoms with Gasteiger partial charge in [-0.2, -0.15) is 0 Å². The Kier molecular flexibility index (Phi) is 3.46. The summed E-state index contributed by atoms with van der Waals surface area (Å²) in [5, 5.41) is 0.826. The van der Waals surface area contributed by atoms with Crippen molar-refractivity contribution in [2.75, 3.05) is 0 Å². The maximum Gasteiger partial charge on any atom is 0.134 e. The topological polar surface area (TPSA) is 34.1 Å². The highest BCUT2D eigenvalue weighted by Crippen LogP contribution is 2.22. The summed E-state index contributed by atoms with van der Waals surface area (Å²) < 4.78 is 0. The minimum absolute atomic E-state index is 0.413. The summed E-state index contributed by atoms with van der Waals surface area (Å²) in [6.45, 7) is 0. The number of aldehydes is 2. The molecule has 1 aromatic rings. The van der Waals surface area contributed by atoms with Gasteiger partial charge in [-0.05, 0) is 23.8 Å². The zero-order chi connectivity index (χ0) is 9.84. The van der Waals surface area contributed by atoms with Crippen LogP contribution in [0, 0.1) is 0 Å². The van der Waals surface area contributed by atoms with E-state index in [0.29, 0.717) is 28.2 Å². The molecule has 0 spiro atoms. The second-order valence-corrected chi connectivity index (χ2v) is 3.37. The van der Waals surface area contributed by atoms with E-state index in [1.807, 2.05) is 0 Å². The molecule has 0 N–H and O–H groups in total. The molecule has 2 nitrogen and oxygen atoms in total. The molecule has 68 valence electrons. The van der Waals surface area contributed by atoms with E-state index in [4.69, 9.17) is 23.2 Å². The fourth-order valence-corrected chi connectivity index (χ4v) is 1.50. The van der Waals surface area contributed by atoms with E-state index in [0.717, 1.165) is 0 Å². The van der Waals surface area contributed by atoms with Gasteiger partial charge in [0.05, 0.1) is 5.92 Å². The summed E-state index contributed by atoms with van der Waals surface area (Å²) in [4.78, 5) is 20.9. The largest absolute Gasteiger partial charge is 0.302 e. The molecule has 0 atom stereocenters. The molecule has 0 aliphatic heterocycles. The summed E-state index contributed by atoms with van der Waals surface area (Å²) in [6, 6.07) is 4.63. The van der Waals surface area contributed by atoms with Gasteiger partial charge in [-0.1, -0.05) is 23.2 Å². The lowest BCUT2D eigenvalue weighted by molar-refractivity contribution is -0.116. The Balaban J connectivity index is 3.12. The molecule has 0 aromatic heterocycles. The second-order valence-electron chi connectivity index (χ2n) is 2.50. The average Bonchev–Trinajstić information content (AvgIpc) is 2.04. The summed E-state index contributed by atoms with van der Waals surface area (Å²) in [5.41, 5.74) is 0.516. The number of carbonyl (C=O) groups excluding carboxylic acids is 2. The molecule has 0 heterocycles. The van der Waals surface area contributed by atoms with Crippen LogP contribution in [0.25, 0.3) is 0 Å². The predicted molar refractivity (Wildman–Crippen MR) is 51.3 cm³/mol. The van der Waals surface area contributed by atoms with Crippen molar-refractivity contribution < 1.29 is 9.59 Å². The highest BCUT2D eigenvalue weighted by atomic mass is 35.5. The first kappa shape index (κ1) is 10.2. The van der Waals surface area contributed by atoms with Gasteiger partial charge in [-0.25, -0.2) is 0 Å². The fraction of sp³-hybridized carbons (Fsp3) is 0.111. The van der Waals surface area contributed by atoms with Gasteiger partial charge >= 0.3 is 0 Å². The van der Waals surface area contributed by atoms with Gasteiger partial charge in [0.2, 0.25) is 0 Å². The Morgan fingerprint density at radius 2 is 1.46 bits per heavy atom. The molecule has 0 amide bonds. The van der Waals surface area contributed by atoms with Gasteiger partial charge in [0.25, 0.3) is 0 Å². The van der Waals surface area contributed by atoms with Gasteiger partial charge in [0, 0.05) is 10.0 Å². The van der Waals surface area contributed by atoms with E-state index in [-0.39, 0.29) is 0 Å². The molecule has 1 rings (SSSR count). The third-order valence-corrected chi connectivity index (χ3v) is 2.00. The summed E-state index contributed by atoms with van der Waals surface area (Å²) in [6.07, 6.45) is 1.10. The Hall–Kier alpha value is -0.860. The Bertz CT molecular complexity index is 308. The van der Waals surface area contributed by atoms with Crippen LogP contribution < -0.4 is 0 Å². The molecule has 4 heteroatoms. The van der Waals surface area contributed by atoms with Crippen LogP contribution in [0.2, 0.25) is 10.0 Å². The van der Waals surface area contributed by atoms with Crippen LogP contribution in [0.4, 0.5) is 0 Å². The van der Waals surface area contributed by atoms with E-state index in [1.165, 1.54) is 0 Å². The van der Waals surface area contributed by atoms with Crippen LogP contribution in [0.1, 0.15) is 11.5 Å². The lowest BCUT2D eigenvalue weighted by atomic mass is 10.0. The minimum atomic E-state index is -0.781. The first-order valence-corrected chi connectivity index (χ1v) is 4.29. The SMILES string of the molecule is O=CC(C=O)c1cc(Cl)cc(Cl)c1. The Morgan fingerprint density at radius 1 is 1.00 bits per heavy atom. The van der Waals surface area contributed by atoms with Gasteiger partial charge < -0.3 is 9.59 Å². The smallest absolute Gasteiger partial charge is 0.134 e. The molecule has 0 saturated carbocycles. The highest BCUT2D eigenvalue weighted by molar-refractivity contribution is 6.34. The van der Waals surface area contributed by atoms with Crippen molar-refractivity contribution in [1.82, 2.24) is 0 Å². The summed E-state index contributed by atoms with van der Waals surface area (Å²) in [5.74, 6) is -0.781. The number of hydrogen-bond donors (Lipinski definition) is 0. The molecule has 0 radical (unpaired) electrons. The van der Waals surface area contributed by atoms with Crippen LogP contribution in [0.15, 0.2) is 18.2 Å². The average molecular weight is 217 g/mol. The number of benzene rings is 1. The van der Waals surface area contributed by atoms with Crippen LogP contribution in [-0.2, 0) is 9.59 Å². The maximum absolute atomic E-state index is 10.4. The van der Waals surface area contributed by atoms with Gasteiger partial charge in [-0.3, -0.25) is 0 Å². The van der Waals surface area contributed by atoms with Crippen LogP contribution in [0.3, 0.4) is 0 Å². The lowest BCUT2D eigenvalue weighted by Crippen LogP contribution is -2.00. The third-order valence-electron chi connectivity index (χ3n) is 1.56. The summed E-state index contributed by atoms with van der Waals surface area (Å²) >= 11 is 11.4. The van der Waals surface area contributed by atoms with Crippen molar-refractivity contribution in [2.45, 2.75) is 5.92 Å². The zero-order valence-electron chi connectivity index (χ0n) is 6.54. The van der Waals surface area contributed by atoms with E-state index in [9.17, 15) is 9.59 Å². The number of carbonyl (C=O) groups is 2. The predicted octanol–water partition coefficient (Wildman–Crippen LogP) is 2.47. The first-order valence-electron chi connectivity index (χ1n) is 3.54. The van der Waals surface area contributed by atoms with Gasteiger partial charge in [0.15, 0.2) is 0 Å². The van der Waals surface area contributed by atoms with Crippen LogP contribution in [0.5, 0.6) is 0 Å². The molecular weight excluding hydrogens is 211 g/mol. The molecule has 1 aromatic carbocycles. The molecule has 0 fully saturated rings. The Labute approximate surface area is 85.5 Å². The van der Waals surface area contributed by atoms with Crippen molar-refractivity contribution in [3.05, 3.63) is 33.8 Å². The number of rotatable bonds is 3. The standard InChI is InChI=1S/C9H6Cl2O2/c10-8-1-6(2-9(11)3-8)7(4-12)5-13/h1-5,7H. The number of halogens is 2. The lowest BCUT2D eigenvalue weighted by Gasteiger charge is -2.03. The molecule has 13 heavy (non-hydrogen) atoms. The molecule has 0 aliphatic carbocycles. The third kappa shape index (κ3) is 2.54. The van der Waals surface area contributed by atoms with E-state index in [1.54, 1.807) is 18.2 Å². The zero-order valence-corrected chi connectivity index (χ0v) is 8.05.